The number of primary amides is 1. The van der Waals surface area contributed by atoms with E-state index in [1.807, 2.05) is 35.8 Å². The number of aromatic nitrogens is 2. The van der Waals surface area contributed by atoms with Crippen LogP contribution in [0.4, 0.5) is 4.79 Å². The summed E-state index contributed by atoms with van der Waals surface area (Å²) in [6.45, 7) is 0.390. The SMILES string of the molecule is CN=C(NO)[C@@H]1c2c(cnn2CC(N)=O)[C@@H]2CN1C(=O)N2OCc1ccccc1. The van der Waals surface area contributed by atoms with E-state index in [0.717, 1.165) is 5.56 Å². The van der Waals surface area contributed by atoms with Crippen LogP contribution < -0.4 is 11.2 Å². The first kappa shape index (κ1) is 18.9. The Hall–Kier alpha value is -3.44. The minimum Gasteiger partial charge on any atom is -0.368 e. The lowest BCUT2D eigenvalue weighted by Crippen LogP contribution is -2.44. The number of rotatable bonds is 6. The lowest BCUT2D eigenvalue weighted by Gasteiger charge is -2.31. The smallest absolute Gasteiger partial charge is 0.345 e. The molecule has 1 saturated heterocycles. The van der Waals surface area contributed by atoms with Crippen LogP contribution in [0, 0.1) is 0 Å². The molecule has 152 valence electrons. The second kappa shape index (κ2) is 7.53. The summed E-state index contributed by atoms with van der Waals surface area (Å²) in [6.07, 6.45) is 1.59. The molecule has 0 aliphatic carbocycles. The summed E-state index contributed by atoms with van der Waals surface area (Å²) in [5, 5.41) is 15.1. The Bertz CT molecular complexity index is 958. The van der Waals surface area contributed by atoms with Crippen LogP contribution >= 0.6 is 0 Å². The van der Waals surface area contributed by atoms with Gasteiger partial charge in [0.15, 0.2) is 0 Å². The fourth-order valence-corrected chi connectivity index (χ4v) is 3.80. The first-order chi connectivity index (χ1) is 14.0. The van der Waals surface area contributed by atoms with Crippen molar-refractivity contribution in [3.05, 3.63) is 53.3 Å². The molecule has 1 aromatic heterocycles. The number of nitrogens with zero attached hydrogens (tertiary/aromatic N) is 5. The molecule has 2 atom stereocenters. The van der Waals surface area contributed by atoms with Crippen LogP contribution in [-0.4, -0.2) is 56.3 Å². The Morgan fingerprint density at radius 3 is 2.83 bits per heavy atom. The number of urea groups is 1. The van der Waals surface area contributed by atoms with Crippen molar-refractivity contribution in [3.63, 3.8) is 0 Å². The van der Waals surface area contributed by atoms with Crippen LogP contribution in [0.25, 0.3) is 0 Å². The van der Waals surface area contributed by atoms with Crippen molar-refractivity contribution in [1.29, 1.82) is 0 Å². The molecule has 2 aliphatic rings. The van der Waals surface area contributed by atoms with Gasteiger partial charge in [-0.25, -0.2) is 4.79 Å². The van der Waals surface area contributed by atoms with Crippen molar-refractivity contribution in [2.75, 3.05) is 13.6 Å². The average molecular weight is 399 g/mol. The number of carbonyl (C=O) groups is 2. The number of hydrogen-bond donors (Lipinski definition) is 3. The summed E-state index contributed by atoms with van der Waals surface area (Å²) in [5.41, 5.74) is 9.58. The predicted octanol–water partition coefficient (Wildman–Crippen LogP) is 0.341. The quantitative estimate of drug-likeness (QED) is 0.364. The highest BCUT2D eigenvalue weighted by Crippen LogP contribution is 2.44. The first-order valence-corrected chi connectivity index (χ1v) is 9.02. The molecule has 2 bridgehead atoms. The Morgan fingerprint density at radius 2 is 2.17 bits per heavy atom. The number of hydroxylamine groups is 3. The van der Waals surface area contributed by atoms with E-state index < -0.39 is 18.0 Å². The van der Waals surface area contributed by atoms with Gasteiger partial charge in [0, 0.05) is 12.6 Å². The number of amides is 3. The molecule has 29 heavy (non-hydrogen) atoms. The van der Waals surface area contributed by atoms with Gasteiger partial charge in [-0.3, -0.25) is 30.0 Å². The van der Waals surface area contributed by atoms with Crippen molar-refractivity contribution < 1.29 is 19.6 Å². The highest BCUT2D eigenvalue weighted by molar-refractivity contribution is 5.93. The van der Waals surface area contributed by atoms with Gasteiger partial charge in [0.2, 0.25) is 5.91 Å². The molecular weight excluding hydrogens is 378 g/mol. The molecule has 0 spiro atoms. The van der Waals surface area contributed by atoms with E-state index in [0.29, 0.717) is 17.8 Å². The standard InChI is InChI=1S/C18H21N7O4/c1-20-17(22-28)16-15-12(7-21-24(15)9-14(19)26)13-8-23(16)18(27)25(13)29-10-11-5-3-2-4-6-11/h2-7,13,16,28H,8-10H2,1H3,(H2,19,26)(H,20,22)/t13-,16-/m0/s1. The Labute approximate surface area is 166 Å². The maximum absolute atomic E-state index is 13.1. The number of aliphatic imine (C=N–C) groups is 1. The Kier molecular flexibility index (Phi) is 4.91. The van der Waals surface area contributed by atoms with E-state index >= 15 is 0 Å². The fraction of sp³-hybridized carbons (Fsp3) is 0.333. The minimum absolute atomic E-state index is 0.147. The lowest BCUT2D eigenvalue weighted by atomic mass is 9.97. The summed E-state index contributed by atoms with van der Waals surface area (Å²) >= 11 is 0. The summed E-state index contributed by atoms with van der Waals surface area (Å²) in [6, 6.07) is 7.98. The van der Waals surface area contributed by atoms with E-state index in [9.17, 15) is 14.8 Å². The molecule has 3 amide bonds. The van der Waals surface area contributed by atoms with Crippen molar-refractivity contribution in [2.45, 2.75) is 25.2 Å². The summed E-state index contributed by atoms with van der Waals surface area (Å²) in [7, 11) is 1.49. The van der Waals surface area contributed by atoms with E-state index in [4.69, 9.17) is 10.6 Å². The third kappa shape index (κ3) is 3.19. The van der Waals surface area contributed by atoms with E-state index in [1.165, 1.54) is 21.7 Å². The maximum Gasteiger partial charge on any atom is 0.345 e. The number of fused-ring (bicyclic) bond motifs is 4. The molecule has 1 fully saturated rings. The van der Waals surface area contributed by atoms with Gasteiger partial charge in [-0.15, -0.1) is 0 Å². The van der Waals surface area contributed by atoms with Gasteiger partial charge in [-0.1, -0.05) is 30.3 Å². The monoisotopic (exact) mass is 399 g/mol. The van der Waals surface area contributed by atoms with E-state index in [2.05, 4.69) is 10.1 Å². The van der Waals surface area contributed by atoms with Crippen molar-refractivity contribution >= 4 is 17.8 Å². The first-order valence-electron chi connectivity index (χ1n) is 9.02. The van der Waals surface area contributed by atoms with Gasteiger partial charge in [-0.2, -0.15) is 10.2 Å². The van der Waals surface area contributed by atoms with Crippen LogP contribution in [0.1, 0.15) is 28.9 Å². The third-order valence-electron chi connectivity index (χ3n) is 5.06. The zero-order valence-electron chi connectivity index (χ0n) is 15.7. The van der Waals surface area contributed by atoms with E-state index in [1.54, 1.807) is 6.20 Å². The molecule has 3 heterocycles. The molecule has 11 nitrogen and oxygen atoms in total. The van der Waals surface area contributed by atoms with Gasteiger partial charge < -0.3 is 10.6 Å². The van der Waals surface area contributed by atoms with Crippen molar-refractivity contribution in [1.82, 2.24) is 25.2 Å². The zero-order valence-corrected chi connectivity index (χ0v) is 15.7. The topological polar surface area (TPSA) is 138 Å². The minimum atomic E-state index is -0.754. The lowest BCUT2D eigenvalue weighted by molar-refractivity contribution is -0.141. The second-order valence-corrected chi connectivity index (χ2v) is 6.77. The largest absolute Gasteiger partial charge is 0.368 e. The highest BCUT2D eigenvalue weighted by Gasteiger charge is 2.52. The summed E-state index contributed by atoms with van der Waals surface area (Å²) < 4.78 is 1.43. The summed E-state index contributed by atoms with van der Waals surface area (Å²) in [5.74, 6) is -0.424. The molecule has 4 rings (SSSR count). The molecule has 4 N–H and O–H groups in total. The third-order valence-corrected chi connectivity index (χ3v) is 5.06. The van der Waals surface area contributed by atoms with Crippen LogP contribution in [0.5, 0.6) is 0 Å². The normalized spacial score (nSPS) is 20.8. The Morgan fingerprint density at radius 1 is 1.41 bits per heavy atom. The van der Waals surface area contributed by atoms with Crippen LogP contribution in [0.15, 0.2) is 41.5 Å². The summed E-state index contributed by atoms with van der Waals surface area (Å²) in [4.78, 5) is 36.0. The number of benzene rings is 1. The second-order valence-electron chi connectivity index (χ2n) is 6.77. The van der Waals surface area contributed by atoms with Crippen LogP contribution in [0.2, 0.25) is 0 Å². The molecule has 0 unspecified atom stereocenters. The molecule has 2 aliphatic heterocycles. The highest BCUT2D eigenvalue weighted by atomic mass is 16.7. The molecular formula is C18H21N7O4. The van der Waals surface area contributed by atoms with Crippen molar-refractivity contribution in [2.24, 2.45) is 10.7 Å². The number of carbonyl (C=O) groups excluding carboxylic acids is 2. The molecule has 11 heteroatoms. The molecule has 1 aromatic carbocycles. The van der Waals surface area contributed by atoms with Gasteiger partial charge in [0.25, 0.3) is 0 Å². The maximum atomic E-state index is 13.1. The van der Waals surface area contributed by atoms with Crippen LogP contribution in [-0.2, 0) is 22.8 Å². The molecule has 2 aromatic rings. The number of amidine groups is 1. The number of hydrogen-bond acceptors (Lipinski definition) is 6. The van der Waals surface area contributed by atoms with Gasteiger partial charge >= 0.3 is 6.03 Å². The number of nitrogens with two attached hydrogens (primary N) is 1. The fourth-order valence-electron chi connectivity index (χ4n) is 3.80. The van der Waals surface area contributed by atoms with Gasteiger partial charge in [0.05, 0.1) is 18.4 Å². The van der Waals surface area contributed by atoms with E-state index in [-0.39, 0.29) is 25.0 Å². The predicted molar refractivity (Wildman–Crippen MR) is 100 cm³/mol. The Balaban J connectivity index is 1.71. The zero-order chi connectivity index (χ0) is 20.5. The molecule has 0 radical (unpaired) electrons. The average Bonchev–Trinajstić information content (AvgIpc) is 3.24. The van der Waals surface area contributed by atoms with Gasteiger partial charge in [0.1, 0.15) is 31.1 Å². The number of nitrogens with one attached hydrogen (secondary N) is 1. The van der Waals surface area contributed by atoms with Gasteiger partial charge in [-0.05, 0) is 5.56 Å². The van der Waals surface area contributed by atoms with Crippen LogP contribution in [0.3, 0.4) is 0 Å². The van der Waals surface area contributed by atoms with Crippen molar-refractivity contribution in [3.8, 4) is 0 Å². The molecule has 0 saturated carbocycles.